The van der Waals surface area contributed by atoms with E-state index in [1.165, 1.54) is 16.7 Å². The first-order valence-corrected chi connectivity index (χ1v) is 15.6. The number of pyridine rings is 1. The van der Waals surface area contributed by atoms with Gasteiger partial charge in [-0.25, -0.2) is 15.0 Å². The van der Waals surface area contributed by atoms with Gasteiger partial charge in [-0.15, -0.1) is 0 Å². The van der Waals surface area contributed by atoms with Crippen LogP contribution < -0.4 is 9.47 Å². The molecule has 0 saturated heterocycles. The maximum Gasteiger partial charge on any atom is 0.182 e. The van der Waals surface area contributed by atoms with Crippen LogP contribution >= 0.6 is 0 Å². The fraction of sp³-hybridized carbons (Fsp3) is 0.0732. The van der Waals surface area contributed by atoms with E-state index in [-0.39, 0.29) is 5.41 Å². The van der Waals surface area contributed by atoms with Crippen molar-refractivity contribution in [2.75, 3.05) is 0 Å². The van der Waals surface area contributed by atoms with E-state index in [1.54, 1.807) is 6.20 Å². The zero-order chi connectivity index (χ0) is 31.5. The normalized spacial score (nSPS) is 13.4. The number of nitrogens with zero attached hydrogens (tertiary/aromatic N) is 4. The summed E-state index contributed by atoms with van der Waals surface area (Å²) in [5.41, 5.74) is 9.18. The zero-order valence-electron chi connectivity index (χ0n) is 25.8. The first-order chi connectivity index (χ1) is 23.0. The third-order valence-corrected chi connectivity index (χ3v) is 9.06. The number of rotatable bonds is 4. The molecule has 0 saturated carbocycles. The van der Waals surface area contributed by atoms with Gasteiger partial charge in [0, 0.05) is 28.3 Å². The Bertz CT molecular complexity index is 2280. The Morgan fingerprint density at radius 2 is 1.19 bits per heavy atom. The molecule has 0 unspecified atom stereocenters. The second-order valence-electron chi connectivity index (χ2n) is 12.3. The molecule has 0 radical (unpaired) electrons. The van der Waals surface area contributed by atoms with Gasteiger partial charge in [-0.3, -0.25) is 4.98 Å². The smallest absolute Gasteiger partial charge is 0.182 e. The number of hydrogen-bond donors (Lipinski definition) is 0. The fourth-order valence-electron chi connectivity index (χ4n) is 6.67. The minimum Gasteiger partial charge on any atom is -0.449 e. The molecule has 2 aromatic heterocycles. The summed E-state index contributed by atoms with van der Waals surface area (Å²) in [5.74, 6) is 4.55. The van der Waals surface area contributed by atoms with Crippen LogP contribution in [0.2, 0.25) is 0 Å². The zero-order valence-corrected chi connectivity index (χ0v) is 25.8. The standard InChI is InChI=1S/C41H28N4O2/c1-41(2)30-16-7-6-15-29(30)36-31(41)19-21-34-37(36)47-35-24-27(18-20-33(35)46-34)26-13-10-14-28(23-26)39-43-38(25-11-4-3-5-12-25)44-40(45-39)32-17-8-9-22-42-32/h3-24H,1-2H3. The van der Waals surface area contributed by atoms with Crippen molar-refractivity contribution in [2.24, 2.45) is 0 Å². The predicted molar refractivity (Wildman–Crippen MR) is 184 cm³/mol. The van der Waals surface area contributed by atoms with Gasteiger partial charge in [-0.05, 0) is 64.2 Å². The lowest BCUT2D eigenvalue weighted by Crippen LogP contribution is -2.15. The van der Waals surface area contributed by atoms with Gasteiger partial charge < -0.3 is 9.47 Å². The van der Waals surface area contributed by atoms with Gasteiger partial charge in [0.1, 0.15) is 5.69 Å². The topological polar surface area (TPSA) is 70.0 Å². The molecule has 3 heterocycles. The average molecular weight is 609 g/mol. The molecule has 0 spiro atoms. The van der Waals surface area contributed by atoms with Gasteiger partial charge in [-0.1, -0.05) is 105 Å². The van der Waals surface area contributed by atoms with Crippen LogP contribution in [0.5, 0.6) is 23.0 Å². The van der Waals surface area contributed by atoms with Gasteiger partial charge in [0.25, 0.3) is 0 Å². The van der Waals surface area contributed by atoms with Crippen molar-refractivity contribution in [1.29, 1.82) is 0 Å². The fourth-order valence-corrected chi connectivity index (χ4v) is 6.67. The summed E-state index contributed by atoms with van der Waals surface area (Å²) in [6.07, 6.45) is 1.75. The molecule has 47 heavy (non-hydrogen) atoms. The van der Waals surface area contributed by atoms with Crippen LogP contribution in [0.4, 0.5) is 0 Å². The molecular weight excluding hydrogens is 580 g/mol. The lowest BCUT2D eigenvalue weighted by molar-refractivity contribution is 0.360. The highest BCUT2D eigenvalue weighted by Crippen LogP contribution is 2.58. The van der Waals surface area contributed by atoms with Crippen molar-refractivity contribution in [1.82, 2.24) is 19.9 Å². The Labute approximate surface area is 272 Å². The lowest BCUT2D eigenvalue weighted by Gasteiger charge is -2.25. The summed E-state index contributed by atoms with van der Waals surface area (Å²) in [4.78, 5) is 19.0. The highest BCUT2D eigenvalue weighted by Gasteiger charge is 2.39. The van der Waals surface area contributed by atoms with E-state index < -0.39 is 0 Å². The van der Waals surface area contributed by atoms with Crippen molar-refractivity contribution < 1.29 is 9.47 Å². The van der Waals surface area contributed by atoms with Gasteiger partial charge in [0.2, 0.25) is 0 Å². The molecule has 0 atom stereocenters. The summed E-state index contributed by atoms with van der Waals surface area (Å²) in [6.45, 7) is 4.53. The van der Waals surface area contributed by atoms with Crippen LogP contribution in [-0.2, 0) is 5.41 Å². The SMILES string of the molecule is CC1(C)c2ccccc2-c2c1ccc1c2Oc2cc(-c3cccc(-c4nc(-c5ccccc5)nc(-c5ccccn5)n4)c3)ccc2O1. The van der Waals surface area contributed by atoms with Crippen LogP contribution in [0.3, 0.4) is 0 Å². The number of hydrogen-bond acceptors (Lipinski definition) is 6. The van der Waals surface area contributed by atoms with Gasteiger partial charge >= 0.3 is 0 Å². The first-order valence-electron chi connectivity index (χ1n) is 15.6. The van der Waals surface area contributed by atoms with E-state index in [0.717, 1.165) is 39.3 Å². The Morgan fingerprint density at radius 1 is 0.489 bits per heavy atom. The van der Waals surface area contributed by atoms with Crippen LogP contribution in [-0.4, -0.2) is 19.9 Å². The summed E-state index contributed by atoms with van der Waals surface area (Å²) in [6, 6.07) is 42.7. The summed E-state index contributed by atoms with van der Waals surface area (Å²) in [5, 5.41) is 0. The van der Waals surface area contributed by atoms with Gasteiger partial charge in [0.05, 0.1) is 0 Å². The monoisotopic (exact) mass is 608 g/mol. The van der Waals surface area contributed by atoms with E-state index in [1.807, 2.05) is 78.9 Å². The summed E-state index contributed by atoms with van der Waals surface area (Å²) < 4.78 is 13.1. The number of fused-ring (bicyclic) bond motifs is 6. The molecular formula is C41H28N4O2. The summed E-state index contributed by atoms with van der Waals surface area (Å²) >= 11 is 0. The van der Waals surface area contributed by atoms with Gasteiger partial charge in [-0.2, -0.15) is 0 Å². The van der Waals surface area contributed by atoms with Crippen molar-refractivity contribution in [3.63, 3.8) is 0 Å². The molecule has 2 aliphatic rings. The van der Waals surface area contributed by atoms with Crippen LogP contribution in [0.25, 0.3) is 56.5 Å². The maximum absolute atomic E-state index is 6.71. The second-order valence-corrected chi connectivity index (χ2v) is 12.3. The molecule has 6 heteroatoms. The van der Waals surface area contributed by atoms with Crippen molar-refractivity contribution in [3.05, 3.63) is 145 Å². The van der Waals surface area contributed by atoms with E-state index in [4.69, 9.17) is 24.4 Å². The predicted octanol–water partition coefficient (Wildman–Crippen LogP) is 10.1. The quantitative estimate of drug-likeness (QED) is 0.198. The highest BCUT2D eigenvalue weighted by atomic mass is 16.6. The van der Waals surface area contributed by atoms with Crippen LogP contribution in [0, 0.1) is 0 Å². The Kier molecular flexibility index (Phi) is 6.05. The van der Waals surface area contributed by atoms with E-state index in [9.17, 15) is 0 Å². The molecule has 6 nitrogen and oxygen atoms in total. The van der Waals surface area contributed by atoms with E-state index in [0.29, 0.717) is 34.7 Å². The molecule has 9 rings (SSSR count). The number of ether oxygens (including phenoxy) is 2. The highest BCUT2D eigenvalue weighted by molar-refractivity contribution is 5.88. The molecule has 7 aromatic rings. The van der Waals surface area contributed by atoms with Crippen molar-refractivity contribution in [2.45, 2.75) is 19.3 Å². The Hall–Kier alpha value is -6.14. The Balaban J connectivity index is 1.11. The molecule has 1 aliphatic heterocycles. The third kappa shape index (κ3) is 4.49. The molecule has 5 aromatic carbocycles. The molecule has 0 N–H and O–H groups in total. The van der Waals surface area contributed by atoms with Crippen LogP contribution in [0.1, 0.15) is 25.0 Å². The number of benzene rings is 5. The molecule has 1 aliphatic carbocycles. The van der Waals surface area contributed by atoms with Gasteiger partial charge in [0.15, 0.2) is 40.5 Å². The van der Waals surface area contributed by atoms with Crippen LogP contribution in [0.15, 0.2) is 134 Å². The summed E-state index contributed by atoms with van der Waals surface area (Å²) in [7, 11) is 0. The average Bonchev–Trinajstić information content (AvgIpc) is 3.37. The van der Waals surface area contributed by atoms with Crippen molar-refractivity contribution in [3.8, 4) is 79.5 Å². The molecule has 224 valence electrons. The van der Waals surface area contributed by atoms with Crippen molar-refractivity contribution >= 4 is 0 Å². The largest absolute Gasteiger partial charge is 0.449 e. The minimum absolute atomic E-state index is 0.126. The lowest BCUT2D eigenvalue weighted by atomic mass is 9.82. The van der Waals surface area contributed by atoms with E-state index in [2.05, 4.69) is 67.4 Å². The molecule has 0 amide bonds. The van der Waals surface area contributed by atoms with E-state index >= 15 is 0 Å². The first kappa shape index (κ1) is 27.2. The molecule has 0 bridgehead atoms. The number of aromatic nitrogens is 4. The second kappa shape index (κ2) is 10.5. The Morgan fingerprint density at radius 3 is 2.04 bits per heavy atom. The maximum atomic E-state index is 6.71. The minimum atomic E-state index is -0.126. The molecule has 0 fully saturated rings. The third-order valence-electron chi connectivity index (χ3n) is 9.06.